The number of rotatable bonds is 1. The molecule has 0 saturated heterocycles. The summed E-state index contributed by atoms with van der Waals surface area (Å²) in [7, 11) is 0. The molecule has 10 heavy (non-hydrogen) atoms. The monoisotopic (exact) mass is 137 g/mol. The van der Waals surface area contributed by atoms with E-state index in [9.17, 15) is 0 Å². The number of nitrogens with two attached hydrogens (primary N) is 2. The molecule has 0 saturated carbocycles. The molecule has 0 amide bonds. The van der Waals surface area contributed by atoms with Crippen molar-refractivity contribution in [3.63, 3.8) is 0 Å². The Morgan fingerprint density at radius 2 is 2.30 bits per heavy atom. The molecule has 0 atom stereocenters. The molecule has 0 aromatic carbocycles. The van der Waals surface area contributed by atoms with Gasteiger partial charge in [0.05, 0.1) is 17.6 Å². The first-order valence-corrected chi connectivity index (χ1v) is 3.15. The maximum absolute atomic E-state index is 5.48. The molecular formula is C7H11N3. The van der Waals surface area contributed by atoms with Crippen LogP contribution in [0.2, 0.25) is 0 Å². The lowest BCUT2D eigenvalue weighted by atomic mass is 10.2. The van der Waals surface area contributed by atoms with Gasteiger partial charge in [-0.05, 0) is 18.6 Å². The minimum Gasteiger partial charge on any atom is -0.397 e. The molecule has 1 rings (SSSR count). The van der Waals surface area contributed by atoms with E-state index in [4.69, 9.17) is 11.5 Å². The van der Waals surface area contributed by atoms with Crippen LogP contribution in [-0.2, 0) is 6.54 Å². The average molecular weight is 137 g/mol. The van der Waals surface area contributed by atoms with Crippen LogP contribution in [0.4, 0.5) is 5.69 Å². The second kappa shape index (κ2) is 2.66. The van der Waals surface area contributed by atoms with Crippen molar-refractivity contribution in [2.45, 2.75) is 13.5 Å². The lowest BCUT2D eigenvalue weighted by molar-refractivity contribution is 0.970. The summed E-state index contributed by atoms with van der Waals surface area (Å²) < 4.78 is 0. The first kappa shape index (κ1) is 7.02. The average Bonchev–Trinajstić information content (AvgIpc) is 1.88. The largest absolute Gasteiger partial charge is 0.397 e. The lowest BCUT2D eigenvalue weighted by Crippen LogP contribution is -2.02. The van der Waals surface area contributed by atoms with Crippen LogP contribution in [0.15, 0.2) is 12.3 Å². The van der Waals surface area contributed by atoms with Gasteiger partial charge in [0.25, 0.3) is 0 Å². The van der Waals surface area contributed by atoms with E-state index in [0.29, 0.717) is 12.2 Å². The first-order chi connectivity index (χ1) is 4.74. The molecule has 0 unspecified atom stereocenters. The van der Waals surface area contributed by atoms with Crippen LogP contribution in [-0.4, -0.2) is 4.98 Å². The summed E-state index contributed by atoms with van der Waals surface area (Å²) in [4.78, 5) is 4.05. The van der Waals surface area contributed by atoms with Gasteiger partial charge >= 0.3 is 0 Å². The molecule has 3 heteroatoms. The van der Waals surface area contributed by atoms with Crippen LogP contribution < -0.4 is 11.5 Å². The highest BCUT2D eigenvalue weighted by Gasteiger charge is 1.95. The summed E-state index contributed by atoms with van der Waals surface area (Å²) in [5, 5.41) is 0. The second-order valence-corrected chi connectivity index (χ2v) is 2.24. The normalized spacial score (nSPS) is 9.80. The van der Waals surface area contributed by atoms with Crippen molar-refractivity contribution < 1.29 is 0 Å². The molecule has 1 aromatic heterocycles. The minimum absolute atomic E-state index is 0.478. The molecule has 0 spiro atoms. The summed E-state index contributed by atoms with van der Waals surface area (Å²) >= 11 is 0. The highest BCUT2D eigenvalue weighted by Crippen LogP contribution is 2.07. The lowest BCUT2D eigenvalue weighted by Gasteiger charge is -2.00. The van der Waals surface area contributed by atoms with Crippen molar-refractivity contribution >= 4 is 5.69 Å². The number of hydrogen-bond donors (Lipinski definition) is 2. The zero-order valence-corrected chi connectivity index (χ0v) is 5.96. The number of hydrogen-bond acceptors (Lipinski definition) is 3. The number of aryl methyl sites for hydroxylation is 1. The van der Waals surface area contributed by atoms with E-state index in [1.54, 1.807) is 6.20 Å². The van der Waals surface area contributed by atoms with Crippen LogP contribution in [0.3, 0.4) is 0 Å². The fraction of sp³-hybridized carbons (Fsp3) is 0.286. The fourth-order valence-corrected chi connectivity index (χ4v) is 0.839. The van der Waals surface area contributed by atoms with Crippen LogP contribution >= 0.6 is 0 Å². The summed E-state index contributed by atoms with van der Waals surface area (Å²) in [6, 6.07) is 1.87. The molecule has 0 fully saturated rings. The zero-order chi connectivity index (χ0) is 7.56. The van der Waals surface area contributed by atoms with Gasteiger partial charge in [-0.1, -0.05) is 0 Å². The van der Waals surface area contributed by atoms with Gasteiger partial charge in [-0.3, -0.25) is 4.98 Å². The molecular weight excluding hydrogens is 126 g/mol. The Hall–Kier alpha value is -1.09. The number of anilines is 1. The van der Waals surface area contributed by atoms with Gasteiger partial charge in [-0.2, -0.15) is 0 Å². The molecule has 1 aromatic rings. The van der Waals surface area contributed by atoms with Gasteiger partial charge in [0.2, 0.25) is 0 Å². The molecule has 3 nitrogen and oxygen atoms in total. The van der Waals surface area contributed by atoms with Gasteiger partial charge in [0.1, 0.15) is 0 Å². The van der Waals surface area contributed by atoms with E-state index >= 15 is 0 Å². The van der Waals surface area contributed by atoms with Crippen LogP contribution in [0.5, 0.6) is 0 Å². The Labute approximate surface area is 60.1 Å². The van der Waals surface area contributed by atoms with E-state index in [2.05, 4.69) is 4.98 Å². The molecule has 0 aliphatic carbocycles. The van der Waals surface area contributed by atoms with E-state index < -0.39 is 0 Å². The first-order valence-electron chi connectivity index (χ1n) is 3.15. The Bertz CT molecular complexity index is 232. The molecule has 0 aliphatic heterocycles. The minimum atomic E-state index is 0.478. The van der Waals surface area contributed by atoms with E-state index in [1.165, 1.54) is 0 Å². The molecule has 0 bridgehead atoms. The van der Waals surface area contributed by atoms with Crippen molar-refractivity contribution in [1.82, 2.24) is 4.98 Å². The number of nitrogen functional groups attached to an aromatic ring is 1. The Kier molecular flexibility index (Phi) is 1.87. The van der Waals surface area contributed by atoms with Crippen molar-refractivity contribution in [1.29, 1.82) is 0 Å². The summed E-state index contributed by atoms with van der Waals surface area (Å²) in [5.74, 6) is 0. The molecule has 1 heterocycles. The maximum atomic E-state index is 5.48. The van der Waals surface area contributed by atoms with Crippen LogP contribution in [0.25, 0.3) is 0 Å². The van der Waals surface area contributed by atoms with Crippen molar-refractivity contribution in [2.24, 2.45) is 5.73 Å². The predicted octanol–water partition coefficient (Wildman–Crippen LogP) is 0.431. The molecule has 54 valence electrons. The number of nitrogens with zero attached hydrogens (tertiary/aromatic N) is 1. The maximum Gasteiger partial charge on any atom is 0.0570 e. The van der Waals surface area contributed by atoms with Crippen molar-refractivity contribution in [2.75, 3.05) is 5.73 Å². The standard InChI is InChI=1S/C7H11N3/c1-5-2-6(9)4-10-7(5)3-8/h2,4H,3,8-9H2,1H3. The topological polar surface area (TPSA) is 64.9 Å². The highest BCUT2D eigenvalue weighted by atomic mass is 14.7. The quantitative estimate of drug-likeness (QED) is 0.590. The smallest absolute Gasteiger partial charge is 0.0570 e. The Morgan fingerprint density at radius 3 is 2.80 bits per heavy atom. The highest BCUT2D eigenvalue weighted by molar-refractivity contribution is 5.39. The SMILES string of the molecule is Cc1cc(N)cnc1CN. The predicted molar refractivity (Wildman–Crippen MR) is 41.3 cm³/mol. The van der Waals surface area contributed by atoms with Crippen LogP contribution in [0, 0.1) is 6.92 Å². The zero-order valence-electron chi connectivity index (χ0n) is 5.96. The molecule has 0 aliphatic rings. The Balaban J connectivity index is 3.07. The van der Waals surface area contributed by atoms with Gasteiger partial charge in [0, 0.05) is 6.54 Å². The van der Waals surface area contributed by atoms with E-state index in [1.807, 2.05) is 13.0 Å². The summed E-state index contributed by atoms with van der Waals surface area (Å²) in [5.41, 5.74) is 13.5. The van der Waals surface area contributed by atoms with Crippen LogP contribution in [0.1, 0.15) is 11.3 Å². The van der Waals surface area contributed by atoms with Crippen molar-refractivity contribution in [3.05, 3.63) is 23.5 Å². The third-order valence-electron chi connectivity index (χ3n) is 1.40. The van der Waals surface area contributed by atoms with E-state index in [0.717, 1.165) is 11.3 Å². The van der Waals surface area contributed by atoms with Gasteiger partial charge in [0.15, 0.2) is 0 Å². The third-order valence-corrected chi connectivity index (χ3v) is 1.40. The Morgan fingerprint density at radius 1 is 1.60 bits per heavy atom. The second-order valence-electron chi connectivity index (χ2n) is 2.24. The van der Waals surface area contributed by atoms with Gasteiger partial charge in [-0.15, -0.1) is 0 Å². The number of pyridine rings is 1. The van der Waals surface area contributed by atoms with Gasteiger partial charge < -0.3 is 11.5 Å². The number of aromatic nitrogens is 1. The summed E-state index contributed by atoms with van der Waals surface area (Å²) in [6.45, 7) is 2.43. The third kappa shape index (κ3) is 1.25. The fourth-order valence-electron chi connectivity index (χ4n) is 0.839. The van der Waals surface area contributed by atoms with Crippen molar-refractivity contribution in [3.8, 4) is 0 Å². The van der Waals surface area contributed by atoms with Gasteiger partial charge in [-0.25, -0.2) is 0 Å². The molecule has 4 N–H and O–H groups in total. The molecule has 0 radical (unpaired) electrons. The summed E-state index contributed by atoms with van der Waals surface area (Å²) in [6.07, 6.45) is 1.62. The van der Waals surface area contributed by atoms with E-state index in [-0.39, 0.29) is 0 Å².